The van der Waals surface area contributed by atoms with Gasteiger partial charge in [0.25, 0.3) is 0 Å². The zero-order valence-electron chi connectivity index (χ0n) is 9.60. The van der Waals surface area contributed by atoms with E-state index in [9.17, 15) is 0 Å². The topological polar surface area (TPSA) is 21.3 Å². The summed E-state index contributed by atoms with van der Waals surface area (Å²) in [6.45, 7) is 7.24. The van der Waals surface area contributed by atoms with Crippen LogP contribution in [-0.2, 0) is 4.74 Å². The van der Waals surface area contributed by atoms with Crippen molar-refractivity contribution >= 4 is 0 Å². The van der Waals surface area contributed by atoms with Crippen LogP contribution in [-0.4, -0.2) is 25.8 Å². The van der Waals surface area contributed by atoms with Crippen molar-refractivity contribution in [1.82, 2.24) is 5.32 Å². The fraction of sp³-hybridized carbons (Fsp3) is 1.00. The van der Waals surface area contributed by atoms with Crippen molar-refractivity contribution in [2.75, 3.05) is 13.7 Å². The number of ether oxygens (including phenoxy) is 1. The molecule has 1 N–H and O–H groups in total. The van der Waals surface area contributed by atoms with Crippen molar-refractivity contribution < 1.29 is 4.74 Å². The summed E-state index contributed by atoms with van der Waals surface area (Å²) in [5.74, 6) is 0. The maximum atomic E-state index is 5.56. The Kier molecular flexibility index (Phi) is 8.46. The lowest BCUT2D eigenvalue weighted by molar-refractivity contribution is 0.0606. The van der Waals surface area contributed by atoms with E-state index in [2.05, 4.69) is 26.1 Å². The van der Waals surface area contributed by atoms with Gasteiger partial charge in [0, 0.05) is 6.04 Å². The van der Waals surface area contributed by atoms with Crippen LogP contribution in [0.15, 0.2) is 0 Å². The Morgan fingerprint density at radius 2 is 1.92 bits per heavy atom. The van der Waals surface area contributed by atoms with Gasteiger partial charge in [0.1, 0.15) is 0 Å². The van der Waals surface area contributed by atoms with E-state index in [-0.39, 0.29) is 0 Å². The second-order valence-corrected chi connectivity index (χ2v) is 3.86. The predicted molar refractivity (Wildman–Crippen MR) is 58.1 cm³/mol. The Bertz CT molecular complexity index is 104. The molecule has 0 aliphatic rings. The largest absolute Gasteiger partial charge is 0.377 e. The van der Waals surface area contributed by atoms with Crippen LogP contribution in [0.2, 0.25) is 0 Å². The molecule has 0 spiro atoms. The van der Waals surface area contributed by atoms with Crippen molar-refractivity contribution in [3.63, 3.8) is 0 Å². The molecule has 0 aliphatic carbocycles. The van der Waals surface area contributed by atoms with Crippen molar-refractivity contribution in [1.29, 1.82) is 0 Å². The summed E-state index contributed by atoms with van der Waals surface area (Å²) in [5, 5.41) is 3.29. The Morgan fingerprint density at radius 3 is 2.38 bits per heavy atom. The summed E-state index contributed by atoms with van der Waals surface area (Å²) in [6.07, 6.45) is 5.52. The molecular weight excluding hydrogens is 162 g/mol. The third-order valence-corrected chi connectivity index (χ3v) is 2.20. The SMILES string of the molecule is CCCCCC(COC(C)C)NC. The van der Waals surface area contributed by atoms with E-state index in [4.69, 9.17) is 4.74 Å². The number of hydrogen-bond donors (Lipinski definition) is 1. The van der Waals surface area contributed by atoms with E-state index in [1.54, 1.807) is 0 Å². The summed E-state index contributed by atoms with van der Waals surface area (Å²) in [4.78, 5) is 0. The highest BCUT2D eigenvalue weighted by Crippen LogP contribution is 2.04. The van der Waals surface area contributed by atoms with Crippen molar-refractivity contribution in [2.24, 2.45) is 0 Å². The van der Waals surface area contributed by atoms with Gasteiger partial charge in [-0.2, -0.15) is 0 Å². The van der Waals surface area contributed by atoms with Gasteiger partial charge in [-0.15, -0.1) is 0 Å². The molecule has 2 nitrogen and oxygen atoms in total. The minimum absolute atomic E-state index is 0.349. The molecule has 0 fully saturated rings. The van der Waals surface area contributed by atoms with Crippen molar-refractivity contribution in [3.8, 4) is 0 Å². The second kappa shape index (κ2) is 8.52. The summed E-state index contributed by atoms with van der Waals surface area (Å²) in [6, 6.07) is 0.536. The van der Waals surface area contributed by atoms with Gasteiger partial charge in [0.2, 0.25) is 0 Å². The molecule has 1 unspecified atom stereocenters. The highest BCUT2D eigenvalue weighted by Gasteiger charge is 2.06. The monoisotopic (exact) mass is 187 g/mol. The molecule has 13 heavy (non-hydrogen) atoms. The first-order valence-electron chi connectivity index (χ1n) is 5.49. The highest BCUT2D eigenvalue weighted by molar-refractivity contribution is 4.63. The Balaban J connectivity index is 3.39. The zero-order valence-corrected chi connectivity index (χ0v) is 9.60. The van der Waals surface area contributed by atoms with Gasteiger partial charge < -0.3 is 10.1 Å². The Morgan fingerprint density at radius 1 is 1.23 bits per heavy atom. The quantitative estimate of drug-likeness (QED) is 0.590. The van der Waals surface area contributed by atoms with Crippen LogP contribution in [0.5, 0.6) is 0 Å². The van der Waals surface area contributed by atoms with Crippen LogP contribution >= 0.6 is 0 Å². The summed E-state index contributed by atoms with van der Waals surface area (Å²) in [7, 11) is 2.01. The molecule has 0 aliphatic heterocycles. The first-order chi connectivity index (χ1) is 6.20. The zero-order chi connectivity index (χ0) is 10.1. The second-order valence-electron chi connectivity index (χ2n) is 3.86. The molecule has 2 heteroatoms. The lowest BCUT2D eigenvalue weighted by Gasteiger charge is -2.17. The standard InChI is InChI=1S/C11H25NO/c1-5-6-7-8-11(12-4)9-13-10(2)3/h10-12H,5-9H2,1-4H3. The number of unbranched alkanes of at least 4 members (excludes halogenated alkanes) is 2. The normalized spacial score (nSPS) is 13.6. The van der Waals surface area contributed by atoms with Crippen LogP contribution in [0.25, 0.3) is 0 Å². The molecule has 0 saturated heterocycles. The number of likely N-dealkylation sites (N-methyl/N-ethyl adjacent to an activating group) is 1. The van der Waals surface area contributed by atoms with E-state index in [1.165, 1.54) is 25.7 Å². The molecule has 80 valence electrons. The van der Waals surface area contributed by atoms with Gasteiger partial charge in [-0.05, 0) is 27.3 Å². The molecule has 0 amide bonds. The van der Waals surface area contributed by atoms with E-state index in [0.29, 0.717) is 12.1 Å². The molecule has 0 aromatic carbocycles. The minimum atomic E-state index is 0.349. The summed E-state index contributed by atoms with van der Waals surface area (Å²) < 4.78 is 5.56. The predicted octanol–water partition coefficient (Wildman–Crippen LogP) is 2.58. The molecule has 0 radical (unpaired) electrons. The lowest BCUT2D eigenvalue weighted by atomic mass is 10.1. The first-order valence-corrected chi connectivity index (χ1v) is 5.49. The van der Waals surface area contributed by atoms with Gasteiger partial charge in [-0.3, -0.25) is 0 Å². The van der Waals surface area contributed by atoms with Gasteiger partial charge in [0.05, 0.1) is 12.7 Å². The molecule has 0 saturated carbocycles. The van der Waals surface area contributed by atoms with E-state index in [0.717, 1.165) is 6.61 Å². The van der Waals surface area contributed by atoms with Gasteiger partial charge >= 0.3 is 0 Å². The first kappa shape index (κ1) is 12.9. The molecule has 0 aromatic heterocycles. The molecular formula is C11H25NO. The van der Waals surface area contributed by atoms with Crippen molar-refractivity contribution in [2.45, 2.75) is 58.6 Å². The fourth-order valence-corrected chi connectivity index (χ4v) is 1.26. The smallest absolute Gasteiger partial charge is 0.0622 e. The molecule has 0 bridgehead atoms. The van der Waals surface area contributed by atoms with Crippen LogP contribution < -0.4 is 5.32 Å². The van der Waals surface area contributed by atoms with Gasteiger partial charge in [0.15, 0.2) is 0 Å². The van der Waals surface area contributed by atoms with E-state index >= 15 is 0 Å². The average molecular weight is 187 g/mol. The van der Waals surface area contributed by atoms with Crippen LogP contribution in [0.3, 0.4) is 0 Å². The number of hydrogen-bond acceptors (Lipinski definition) is 2. The number of nitrogens with one attached hydrogen (secondary N) is 1. The van der Waals surface area contributed by atoms with Crippen molar-refractivity contribution in [3.05, 3.63) is 0 Å². The third kappa shape index (κ3) is 8.26. The lowest BCUT2D eigenvalue weighted by Crippen LogP contribution is -2.31. The molecule has 0 rings (SSSR count). The Labute approximate surface area is 83.1 Å². The summed E-state index contributed by atoms with van der Waals surface area (Å²) >= 11 is 0. The van der Waals surface area contributed by atoms with Crippen LogP contribution in [0, 0.1) is 0 Å². The minimum Gasteiger partial charge on any atom is -0.377 e. The molecule has 1 atom stereocenters. The highest BCUT2D eigenvalue weighted by atomic mass is 16.5. The maximum Gasteiger partial charge on any atom is 0.0622 e. The summed E-state index contributed by atoms with van der Waals surface area (Å²) in [5.41, 5.74) is 0. The maximum absolute atomic E-state index is 5.56. The van der Waals surface area contributed by atoms with E-state index in [1.807, 2.05) is 7.05 Å². The van der Waals surface area contributed by atoms with Crippen LogP contribution in [0.4, 0.5) is 0 Å². The van der Waals surface area contributed by atoms with Crippen LogP contribution in [0.1, 0.15) is 46.5 Å². The van der Waals surface area contributed by atoms with E-state index < -0.39 is 0 Å². The molecule has 0 aromatic rings. The fourth-order valence-electron chi connectivity index (χ4n) is 1.26. The Hall–Kier alpha value is -0.0800. The third-order valence-electron chi connectivity index (χ3n) is 2.20. The average Bonchev–Trinajstić information content (AvgIpc) is 2.10. The van der Waals surface area contributed by atoms with Gasteiger partial charge in [-0.25, -0.2) is 0 Å². The molecule has 0 heterocycles. The number of rotatable bonds is 8. The van der Waals surface area contributed by atoms with Gasteiger partial charge in [-0.1, -0.05) is 26.2 Å².